The summed E-state index contributed by atoms with van der Waals surface area (Å²) in [4.78, 5) is 10.8. The third-order valence-corrected chi connectivity index (χ3v) is 2.50. The number of carbonyl (C=O) groups is 1. The lowest BCUT2D eigenvalue weighted by atomic mass is 10.1. The van der Waals surface area contributed by atoms with Crippen LogP contribution in [0.5, 0.6) is 5.75 Å². The molecule has 0 atom stereocenters. The van der Waals surface area contributed by atoms with Gasteiger partial charge in [0.1, 0.15) is 12.4 Å². The van der Waals surface area contributed by atoms with Crippen LogP contribution in [0.2, 0.25) is 0 Å². The van der Waals surface area contributed by atoms with Crippen LogP contribution in [-0.4, -0.2) is 16.2 Å². The molecular weight excluding hydrogens is 295 g/mol. The monoisotopic (exact) mass is 306 g/mol. The Morgan fingerprint density at radius 1 is 1.39 bits per heavy atom. The molecule has 98 valence electrons. The van der Waals surface area contributed by atoms with Gasteiger partial charge in [0.2, 0.25) is 0 Å². The highest BCUT2D eigenvalue weighted by Gasteiger charge is 2.21. The molecule has 0 N–H and O–H groups in total. The van der Waals surface area contributed by atoms with Crippen molar-refractivity contribution in [2.45, 2.75) is 17.1 Å². The molecule has 0 heterocycles. The molecule has 18 heavy (non-hydrogen) atoms. The molecule has 0 amide bonds. The quantitative estimate of drug-likeness (QED) is 0.752. The summed E-state index contributed by atoms with van der Waals surface area (Å²) in [6, 6.07) is 7.17. The summed E-state index contributed by atoms with van der Waals surface area (Å²) in [6.45, 7) is 5.38. The molecule has 5 heteroatoms. The van der Waals surface area contributed by atoms with E-state index in [-0.39, 0.29) is 18.8 Å². The molecular formula is C13H13Cl3O2. The van der Waals surface area contributed by atoms with Crippen molar-refractivity contribution in [3.05, 3.63) is 36.4 Å². The number of hydrogen-bond acceptors (Lipinski definition) is 2. The highest BCUT2D eigenvalue weighted by Crippen LogP contribution is 2.36. The van der Waals surface area contributed by atoms with Crippen molar-refractivity contribution in [1.82, 2.24) is 0 Å². The van der Waals surface area contributed by atoms with Gasteiger partial charge in [0, 0.05) is 6.42 Å². The number of rotatable bonds is 5. The van der Waals surface area contributed by atoms with Crippen LogP contribution < -0.4 is 4.74 Å². The fourth-order valence-corrected chi connectivity index (χ4v) is 1.82. The molecule has 0 radical (unpaired) electrons. The van der Waals surface area contributed by atoms with E-state index in [4.69, 9.17) is 39.5 Å². The minimum atomic E-state index is -1.37. The third kappa shape index (κ3) is 5.76. The largest absolute Gasteiger partial charge is 0.486 e. The Hall–Kier alpha value is -0.700. The average molecular weight is 308 g/mol. The molecule has 0 aliphatic heterocycles. The maximum absolute atomic E-state index is 10.8. The van der Waals surface area contributed by atoms with Crippen molar-refractivity contribution in [1.29, 1.82) is 0 Å². The van der Waals surface area contributed by atoms with Crippen molar-refractivity contribution in [2.75, 3.05) is 6.61 Å². The van der Waals surface area contributed by atoms with Crippen LogP contribution in [0.1, 0.15) is 18.9 Å². The predicted octanol–water partition coefficient (Wildman–Crippen LogP) is 4.43. The van der Waals surface area contributed by atoms with Crippen molar-refractivity contribution < 1.29 is 9.53 Å². The van der Waals surface area contributed by atoms with Gasteiger partial charge in [0.15, 0.2) is 9.58 Å². The second-order valence-electron chi connectivity index (χ2n) is 3.91. The fraction of sp³-hybridized carbons (Fsp3) is 0.308. The molecule has 0 aliphatic rings. The van der Waals surface area contributed by atoms with E-state index in [1.807, 2.05) is 6.07 Å². The minimum absolute atomic E-state index is 0.0412. The number of allylic oxidation sites excluding steroid dienone is 1. The normalized spacial score (nSPS) is 11.1. The van der Waals surface area contributed by atoms with Gasteiger partial charge in [-0.3, -0.25) is 4.79 Å². The fourth-order valence-electron chi connectivity index (χ4n) is 1.33. The van der Waals surface area contributed by atoms with Gasteiger partial charge in [-0.05, 0) is 30.2 Å². The summed E-state index contributed by atoms with van der Waals surface area (Å²) in [5.41, 5.74) is 1.52. The van der Waals surface area contributed by atoms with Gasteiger partial charge in [-0.1, -0.05) is 53.5 Å². The van der Waals surface area contributed by atoms with E-state index in [0.29, 0.717) is 11.3 Å². The van der Waals surface area contributed by atoms with E-state index in [9.17, 15) is 4.79 Å². The van der Waals surface area contributed by atoms with E-state index < -0.39 is 3.79 Å². The second kappa shape index (κ2) is 6.46. The topological polar surface area (TPSA) is 26.3 Å². The van der Waals surface area contributed by atoms with Crippen molar-refractivity contribution >= 4 is 46.2 Å². The molecule has 0 aliphatic carbocycles. The van der Waals surface area contributed by atoms with Gasteiger partial charge in [-0.15, -0.1) is 0 Å². The van der Waals surface area contributed by atoms with Gasteiger partial charge in [-0.2, -0.15) is 0 Å². The molecule has 2 nitrogen and oxygen atoms in total. The molecule has 1 aromatic rings. The van der Waals surface area contributed by atoms with Crippen LogP contribution in [-0.2, 0) is 4.79 Å². The average Bonchev–Trinajstić information content (AvgIpc) is 2.24. The highest BCUT2D eigenvalue weighted by atomic mass is 35.6. The van der Waals surface area contributed by atoms with E-state index in [1.54, 1.807) is 18.2 Å². The summed E-state index contributed by atoms with van der Waals surface area (Å²) in [5, 5.41) is 0. The van der Waals surface area contributed by atoms with E-state index in [0.717, 1.165) is 5.56 Å². The molecule has 0 saturated heterocycles. The first kappa shape index (κ1) is 15.4. The molecule has 0 bridgehead atoms. The van der Waals surface area contributed by atoms with Gasteiger partial charge in [-0.25, -0.2) is 0 Å². The zero-order valence-corrected chi connectivity index (χ0v) is 12.1. The molecule has 0 spiro atoms. The Morgan fingerprint density at radius 2 is 2.06 bits per heavy atom. The Bertz CT molecular complexity index is 450. The van der Waals surface area contributed by atoms with Gasteiger partial charge >= 0.3 is 0 Å². The molecule has 1 aromatic carbocycles. The Morgan fingerprint density at radius 3 is 2.61 bits per heavy atom. The molecule has 0 saturated carbocycles. The number of alkyl halides is 3. The van der Waals surface area contributed by atoms with Crippen LogP contribution >= 0.6 is 34.8 Å². The van der Waals surface area contributed by atoms with Crippen molar-refractivity contribution in [3.63, 3.8) is 0 Å². The van der Waals surface area contributed by atoms with E-state index in [1.165, 1.54) is 6.92 Å². The van der Waals surface area contributed by atoms with Gasteiger partial charge in [0.05, 0.1) is 0 Å². The Labute approximate surface area is 121 Å². The lowest BCUT2D eigenvalue weighted by Crippen LogP contribution is -2.07. The van der Waals surface area contributed by atoms with Crippen LogP contribution in [0.3, 0.4) is 0 Å². The lowest BCUT2D eigenvalue weighted by Gasteiger charge is -2.14. The van der Waals surface area contributed by atoms with E-state index >= 15 is 0 Å². The summed E-state index contributed by atoms with van der Waals surface area (Å²) in [6.07, 6.45) is 0.230. The summed E-state index contributed by atoms with van der Waals surface area (Å²) in [7, 11) is 0. The van der Waals surface area contributed by atoms with Crippen molar-refractivity contribution in [2.24, 2.45) is 0 Å². The van der Waals surface area contributed by atoms with Gasteiger partial charge in [0.25, 0.3) is 0 Å². The van der Waals surface area contributed by atoms with Gasteiger partial charge < -0.3 is 4.74 Å². The summed E-state index contributed by atoms with van der Waals surface area (Å²) >= 11 is 17.1. The van der Waals surface area contributed by atoms with Crippen LogP contribution in [0, 0.1) is 0 Å². The number of halogens is 3. The highest BCUT2D eigenvalue weighted by molar-refractivity contribution is 6.67. The first-order chi connectivity index (χ1) is 8.28. The zero-order valence-electron chi connectivity index (χ0n) is 9.88. The first-order valence-electron chi connectivity index (χ1n) is 5.25. The maximum atomic E-state index is 10.8. The molecule has 0 fully saturated rings. The smallest absolute Gasteiger partial charge is 0.194 e. The predicted molar refractivity (Wildman–Crippen MR) is 76.6 cm³/mol. The van der Waals surface area contributed by atoms with Crippen molar-refractivity contribution in [3.8, 4) is 5.75 Å². The van der Waals surface area contributed by atoms with Crippen LogP contribution in [0.25, 0.3) is 5.57 Å². The number of Topliss-reactive ketones (excluding diaryl/α,β-unsaturated/α-hetero) is 1. The standard InChI is InChI=1S/C13H13Cl3O2/c1-9(7-13(14,15)16)11-4-3-5-12(6-11)18-8-10(2)17/h3-6H,1,7-8H2,2H3. The lowest BCUT2D eigenvalue weighted by molar-refractivity contribution is -0.118. The van der Waals surface area contributed by atoms with Crippen LogP contribution in [0.15, 0.2) is 30.8 Å². The van der Waals surface area contributed by atoms with Crippen LogP contribution in [0.4, 0.5) is 0 Å². The third-order valence-electron chi connectivity index (χ3n) is 2.10. The summed E-state index contributed by atoms with van der Waals surface area (Å²) in [5.74, 6) is 0.550. The second-order valence-corrected chi connectivity index (χ2v) is 6.43. The number of ketones is 1. The molecule has 1 rings (SSSR count). The SMILES string of the molecule is C=C(CC(Cl)(Cl)Cl)c1cccc(OCC(C)=O)c1. The number of hydrogen-bond donors (Lipinski definition) is 0. The molecule has 0 aromatic heterocycles. The zero-order chi connectivity index (χ0) is 13.8. The van der Waals surface area contributed by atoms with E-state index in [2.05, 4.69) is 6.58 Å². The number of ether oxygens (including phenoxy) is 1. The Kier molecular flexibility index (Phi) is 5.51. The summed E-state index contributed by atoms with van der Waals surface area (Å²) < 4.78 is 3.93. The number of benzene rings is 1. The molecule has 0 unspecified atom stereocenters. The minimum Gasteiger partial charge on any atom is -0.486 e. The Balaban J connectivity index is 2.75. The first-order valence-corrected chi connectivity index (χ1v) is 6.38. The maximum Gasteiger partial charge on any atom is 0.194 e. The number of carbonyl (C=O) groups excluding carboxylic acids is 1.